The van der Waals surface area contributed by atoms with Crippen molar-refractivity contribution in [1.82, 2.24) is 5.16 Å². The Kier molecular flexibility index (Phi) is 1.09. The molecule has 1 aromatic heterocycles. The van der Waals surface area contributed by atoms with Crippen LogP contribution in [0.1, 0.15) is 0 Å². The van der Waals surface area contributed by atoms with Gasteiger partial charge in [0.2, 0.25) is 0 Å². The molecular formula is C7H5FN2O. The Morgan fingerprint density at radius 1 is 1.45 bits per heavy atom. The van der Waals surface area contributed by atoms with E-state index >= 15 is 0 Å². The van der Waals surface area contributed by atoms with Crippen LogP contribution in [0, 0.1) is 5.82 Å². The summed E-state index contributed by atoms with van der Waals surface area (Å²) in [5, 5.41) is 3.99. The van der Waals surface area contributed by atoms with Crippen LogP contribution in [-0.2, 0) is 0 Å². The second kappa shape index (κ2) is 1.95. The van der Waals surface area contributed by atoms with E-state index in [2.05, 4.69) is 5.16 Å². The molecule has 0 saturated heterocycles. The van der Waals surface area contributed by atoms with Crippen molar-refractivity contribution >= 4 is 16.8 Å². The fourth-order valence-corrected chi connectivity index (χ4v) is 0.929. The predicted octanol–water partition coefficient (Wildman–Crippen LogP) is 1.55. The summed E-state index contributed by atoms with van der Waals surface area (Å²) in [7, 11) is 0. The molecule has 2 aromatic rings. The van der Waals surface area contributed by atoms with Crippen molar-refractivity contribution in [2.45, 2.75) is 0 Å². The molecule has 0 unspecified atom stereocenters. The molecule has 0 atom stereocenters. The van der Waals surface area contributed by atoms with Crippen LogP contribution < -0.4 is 5.73 Å². The first-order chi connectivity index (χ1) is 5.27. The number of benzene rings is 1. The topological polar surface area (TPSA) is 52.0 Å². The normalized spacial score (nSPS) is 10.6. The van der Waals surface area contributed by atoms with Crippen molar-refractivity contribution in [2.24, 2.45) is 0 Å². The van der Waals surface area contributed by atoms with Gasteiger partial charge in [0.05, 0.1) is 5.39 Å². The molecule has 0 fully saturated rings. The second-order valence-electron chi connectivity index (χ2n) is 2.21. The SMILES string of the molecule is Nc1noc2ccc(F)cc12. The van der Waals surface area contributed by atoms with Crippen molar-refractivity contribution in [1.29, 1.82) is 0 Å². The summed E-state index contributed by atoms with van der Waals surface area (Å²) in [5.74, 6) is -0.119. The Morgan fingerprint density at radius 3 is 3.09 bits per heavy atom. The van der Waals surface area contributed by atoms with E-state index in [0.717, 1.165) is 0 Å². The fraction of sp³-hybridized carbons (Fsp3) is 0. The van der Waals surface area contributed by atoms with E-state index in [0.29, 0.717) is 11.0 Å². The third-order valence-corrected chi connectivity index (χ3v) is 1.46. The summed E-state index contributed by atoms with van der Waals surface area (Å²) < 4.78 is 17.3. The minimum atomic E-state index is -0.340. The van der Waals surface area contributed by atoms with E-state index in [1.54, 1.807) is 0 Å². The van der Waals surface area contributed by atoms with Gasteiger partial charge in [-0.1, -0.05) is 5.16 Å². The molecular weight excluding hydrogens is 147 g/mol. The van der Waals surface area contributed by atoms with Crippen molar-refractivity contribution in [3.8, 4) is 0 Å². The molecule has 0 aliphatic carbocycles. The highest BCUT2D eigenvalue weighted by Crippen LogP contribution is 2.20. The van der Waals surface area contributed by atoms with Gasteiger partial charge in [0.15, 0.2) is 11.4 Å². The zero-order chi connectivity index (χ0) is 7.84. The molecule has 4 heteroatoms. The van der Waals surface area contributed by atoms with Gasteiger partial charge in [-0.15, -0.1) is 0 Å². The molecule has 0 aliphatic heterocycles. The van der Waals surface area contributed by atoms with Crippen LogP contribution >= 0.6 is 0 Å². The first-order valence-electron chi connectivity index (χ1n) is 3.08. The number of nitrogens with two attached hydrogens (primary N) is 1. The van der Waals surface area contributed by atoms with E-state index in [1.807, 2.05) is 0 Å². The molecule has 0 aliphatic rings. The summed E-state index contributed by atoms with van der Waals surface area (Å²) in [6.07, 6.45) is 0. The highest BCUT2D eigenvalue weighted by atomic mass is 19.1. The van der Waals surface area contributed by atoms with Gasteiger partial charge in [-0.3, -0.25) is 0 Å². The van der Waals surface area contributed by atoms with Crippen molar-refractivity contribution in [2.75, 3.05) is 5.73 Å². The Hall–Kier alpha value is -1.58. The lowest BCUT2D eigenvalue weighted by atomic mass is 10.2. The monoisotopic (exact) mass is 152 g/mol. The Labute approximate surface area is 61.6 Å². The first-order valence-corrected chi connectivity index (χ1v) is 3.08. The van der Waals surface area contributed by atoms with Gasteiger partial charge >= 0.3 is 0 Å². The number of halogens is 1. The lowest BCUT2D eigenvalue weighted by Gasteiger charge is -1.86. The standard InChI is InChI=1S/C7H5FN2O/c8-4-1-2-6-5(3-4)7(9)10-11-6/h1-3H,(H2,9,10). The molecule has 11 heavy (non-hydrogen) atoms. The molecule has 0 amide bonds. The summed E-state index contributed by atoms with van der Waals surface area (Å²) in [6.45, 7) is 0. The van der Waals surface area contributed by atoms with Crippen LogP contribution in [0.25, 0.3) is 11.0 Å². The van der Waals surface area contributed by atoms with E-state index in [4.69, 9.17) is 10.3 Å². The van der Waals surface area contributed by atoms with Crippen LogP contribution in [0.4, 0.5) is 10.2 Å². The highest BCUT2D eigenvalue weighted by molar-refractivity contribution is 5.86. The highest BCUT2D eigenvalue weighted by Gasteiger charge is 2.04. The van der Waals surface area contributed by atoms with Crippen LogP contribution in [-0.4, -0.2) is 5.16 Å². The van der Waals surface area contributed by atoms with Gasteiger partial charge in [0.1, 0.15) is 5.82 Å². The number of aromatic nitrogens is 1. The zero-order valence-corrected chi connectivity index (χ0v) is 5.54. The van der Waals surface area contributed by atoms with E-state index in [-0.39, 0.29) is 11.6 Å². The molecule has 2 N–H and O–H groups in total. The molecule has 0 radical (unpaired) electrons. The van der Waals surface area contributed by atoms with Gasteiger partial charge in [0.25, 0.3) is 0 Å². The average Bonchev–Trinajstić information content (AvgIpc) is 2.33. The van der Waals surface area contributed by atoms with E-state index in [1.165, 1.54) is 18.2 Å². The molecule has 1 heterocycles. The van der Waals surface area contributed by atoms with Gasteiger partial charge in [-0.2, -0.15) is 0 Å². The lowest BCUT2D eigenvalue weighted by Crippen LogP contribution is -1.83. The average molecular weight is 152 g/mol. The van der Waals surface area contributed by atoms with Crippen molar-refractivity contribution in [3.05, 3.63) is 24.0 Å². The molecule has 3 nitrogen and oxygen atoms in total. The third-order valence-electron chi connectivity index (χ3n) is 1.46. The third kappa shape index (κ3) is 0.832. The summed E-state index contributed by atoms with van der Waals surface area (Å²) >= 11 is 0. The maximum atomic E-state index is 12.6. The smallest absolute Gasteiger partial charge is 0.174 e. The maximum Gasteiger partial charge on any atom is 0.174 e. The van der Waals surface area contributed by atoms with Gasteiger partial charge in [-0.25, -0.2) is 4.39 Å². The van der Waals surface area contributed by atoms with Crippen LogP contribution in [0.5, 0.6) is 0 Å². The van der Waals surface area contributed by atoms with Crippen LogP contribution in [0.15, 0.2) is 22.7 Å². The van der Waals surface area contributed by atoms with Gasteiger partial charge in [0, 0.05) is 0 Å². The number of hydrogen-bond acceptors (Lipinski definition) is 3. The number of fused-ring (bicyclic) bond motifs is 1. The minimum Gasteiger partial charge on any atom is -0.380 e. The van der Waals surface area contributed by atoms with Crippen molar-refractivity contribution < 1.29 is 8.91 Å². The zero-order valence-electron chi connectivity index (χ0n) is 5.54. The molecule has 56 valence electrons. The second-order valence-corrected chi connectivity index (χ2v) is 2.21. The van der Waals surface area contributed by atoms with Gasteiger partial charge < -0.3 is 10.3 Å². The van der Waals surface area contributed by atoms with E-state index < -0.39 is 0 Å². The summed E-state index contributed by atoms with van der Waals surface area (Å²) in [5.41, 5.74) is 5.88. The predicted molar refractivity (Wildman–Crippen MR) is 38.4 cm³/mol. The number of anilines is 1. The van der Waals surface area contributed by atoms with E-state index in [9.17, 15) is 4.39 Å². The largest absolute Gasteiger partial charge is 0.380 e. The molecule has 0 bridgehead atoms. The Morgan fingerprint density at radius 2 is 2.27 bits per heavy atom. The Bertz CT molecular complexity index is 396. The molecule has 0 spiro atoms. The first kappa shape index (κ1) is 6.15. The number of rotatable bonds is 0. The van der Waals surface area contributed by atoms with Crippen LogP contribution in [0.2, 0.25) is 0 Å². The summed E-state index contributed by atoms with van der Waals surface area (Å²) in [6, 6.07) is 4.09. The molecule has 1 aromatic carbocycles. The molecule has 2 rings (SSSR count). The van der Waals surface area contributed by atoms with Crippen LogP contribution in [0.3, 0.4) is 0 Å². The quantitative estimate of drug-likeness (QED) is 0.623. The Balaban J connectivity index is 2.87. The van der Waals surface area contributed by atoms with Crippen molar-refractivity contribution in [3.63, 3.8) is 0 Å². The number of nitrogens with zero attached hydrogens (tertiary/aromatic N) is 1. The number of hydrogen-bond donors (Lipinski definition) is 1. The minimum absolute atomic E-state index is 0.222. The summed E-state index contributed by atoms with van der Waals surface area (Å²) in [4.78, 5) is 0. The molecule has 0 saturated carbocycles. The maximum absolute atomic E-state index is 12.6. The number of nitrogen functional groups attached to an aromatic ring is 1. The van der Waals surface area contributed by atoms with Gasteiger partial charge in [-0.05, 0) is 18.2 Å². The fourth-order valence-electron chi connectivity index (χ4n) is 0.929. The lowest BCUT2D eigenvalue weighted by molar-refractivity contribution is 0.460.